The minimum absolute atomic E-state index is 0.204. The molecule has 0 saturated heterocycles. The van der Waals surface area contributed by atoms with Crippen molar-refractivity contribution in [3.05, 3.63) is 199 Å². The van der Waals surface area contributed by atoms with E-state index in [0.29, 0.717) is 0 Å². The van der Waals surface area contributed by atoms with Crippen LogP contribution in [-0.4, -0.2) is 4.57 Å². The summed E-state index contributed by atoms with van der Waals surface area (Å²) in [6, 6.07) is 67.6. The van der Waals surface area contributed by atoms with Gasteiger partial charge in [0.25, 0.3) is 0 Å². The molecule has 0 N–H and O–H groups in total. The smallest absolute Gasteiger partial charge is 0.152 e. The second-order valence-corrected chi connectivity index (χ2v) is 15.0. The SMILES string of the molecule is CC1(C)c2ccccc2N(c2ccccc2)c2ccc(-n3c4ccccc4c4cc(-c5ccc6c(c5)Oc5ccccc5N6c5ccccc5)ccc43)cc21. The van der Waals surface area contributed by atoms with Gasteiger partial charge in [0.15, 0.2) is 11.5 Å². The highest BCUT2D eigenvalue weighted by molar-refractivity contribution is 6.10. The number of rotatable bonds is 4. The summed E-state index contributed by atoms with van der Waals surface area (Å²) in [5, 5.41) is 2.45. The van der Waals surface area contributed by atoms with Crippen LogP contribution in [0.15, 0.2) is 188 Å². The molecule has 0 atom stereocenters. The minimum Gasteiger partial charge on any atom is -0.453 e. The van der Waals surface area contributed by atoms with E-state index in [4.69, 9.17) is 4.74 Å². The van der Waals surface area contributed by atoms with Crippen molar-refractivity contribution in [1.82, 2.24) is 4.57 Å². The quantitative estimate of drug-likeness (QED) is 0.182. The summed E-state index contributed by atoms with van der Waals surface area (Å²) in [4.78, 5) is 4.70. The lowest BCUT2D eigenvalue weighted by atomic mass is 9.73. The maximum absolute atomic E-state index is 6.58. The van der Waals surface area contributed by atoms with Gasteiger partial charge in [-0.05, 0) is 113 Å². The van der Waals surface area contributed by atoms with Crippen LogP contribution in [0.25, 0.3) is 38.6 Å². The van der Waals surface area contributed by atoms with Crippen LogP contribution in [0, 0.1) is 0 Å². The molecule has 55 heavy (non-hydrogen) atoms. The molecule has 0 unspecified atom stereocenters. The van der Waals surface area contributed by atoms with Gasteiger partial charge in [-0.2, -0.15) is 0 Å². The molecule has 0 spiro atoms. The van der Waals surface area contributed by atoms with Gasteiger partial charge in [0.1, 0.15) is 0 Å². The van der Waals surface area contributed by atoms with E-state index in [1.165, 1.54) is 44.3 Å². The van der Waals surface area contributed by atoms with Gasteiger partial charge >= 0.3 is 0 Å². The van der Waals surface area contributed by atoms with Crippen molar-refractivity contribution in [3.8, 4) is 28.3 Å². The Hall–Kier alpha value is -7.04. The monoisotopic (exact) mass is 707 g/mol. The van der Waals surface area contributed by atoms with Crippen LogP contribution in [0.3, 0.4) is 0 Å². The summed E-state index contributed by atoms with van der Waals surface area (Å²) in [6.07, 6.45) is 0. The summed E-state index contributed by atoms with van der Waals surface area (Å²) < 4.78 is 9.02. The number of fused-ring (bicyclic) bond motifs is 7. The minimum atomic E-state index is -0.204. The first-order valence-corrected chi connectivity index (χ1v) is 18.9. The average molecular weight is 708 g/mol. The van der Waals surface area contributed by atoms with E-state index in [1.54, 1.807) is 0 Å². The lowest BCUT2D eigenvalue weighted by molar-refractivity contribution is 0.477. The van der Waals surface area contributed by atoms with Crippen molar-refractivity contribution in [2.45, 2.75) is 19.3 Å². The van der Waals surface area contributed by atoms with E-state index in [1.807, 2.05) is 12.1 Å². The molecule has 4 nitrogen and oxygen atoms in total. The highest BCUT2D eigenvalue weighted by Gasteiger charge is 2.37. The molecular formula is C51H37N3O. The van der Waals surface area contributed by atoms with Gasteiger partial charge in [0.05, 0.1) is 33.8 Å². The molecule has 9 aromatic rings. The molecule has 1 aromatic heterocycles. The molecule has 0 saturated carbocycles. The lowest BCUT2D eigenvalue weighted by Gasteiger charge is -2.42. The van der Waals surface area contributed by atoms with Gasteiger partial charge in [-0.15, -0.1) is 0 Å². The first kappa shape index (κ1) is 31.5. The van der Waals surface area contributed by atoms with E-state index < -0.39 is 0 Å². The van der Waals surface area contributed by atoms with Crippen molar-refractivity contribution in [2.24, 2.45) is 0 Å². The third kappa shape index (κ3) is 4.78. The zero-order valence-corrected chi connectivity index (χ0v) is 30.6. The second kappa shape index (κ2) is 12.0. The van der Waals surface area contributed by atoms with E-state index in [2.05, 4.69) is 204 Å². The Morgan fingerprint density at radius 2 is 0.945 bits per heavy atom. The van der Waals surface area contributed by atoms with Crippen molar-refractivity contribution >= 4 is 55.9 Å². The predicted molar refractivity (Wildman–Crippen MR) is 228 cm³/mol. The lowest BCUT2D eigenvalue weighted by Crippen LogP contribution is -2.30. The van der Waals surface area contributed by atoms with Gasteiger partial charge in [-0.1, -0.05) is 111 Å². The Morgan fingerprint density at radius 3 is 1.75 bits per heavy atom. The summed E-state index contributed by atoms with van der Waals surface area (Å²) >= 11 is 0. The Morgan fingerprint density at radius 1 is 0.382 bits per heavy atom. The zero-order chi connectivity index (χ0) is 36.7. The molecule has 2 aliphatic heterocycles. The van der Waals surface area contributed by atoms with E-state index in [0.717, 1.165) is 51.1 Å². The molecule has 0 fully saturated rings. The molecule has 0 amide bonds. The Balaban J connectivity index is 1.05. The third-order valence-corrected chi connectivity index (χ3v) is 11.5. The molecule has 11 rings (SSSR count). The fourth-order valence-electron chi connectivity index (χ4n) is 8.91. The van der Waals surface area contributed by atoms with Crippen LogP contribution >= 0.6 is 0 Å². The number of nitrogens with zero attached hydrogens (tertiary/aromatic N) is 3. The van der Waals surface area contributed by atoms with Crippen LogP contribution in [0.5, 0.6) is 11.5 Å². The largest absolute Gasteiger partial charge is 0.453 e. The highest BCUT2D eigenvalue weighted by Crippen LogP contribution is 2.53. The summed E-state index contributed by atoms with van der Waals surface area (Å²) in [6.45, 7) is 4.71. The normalized spacial score (nSPS) is 13.9. The van der Waals surface area contributed by atoms with Gasteiger partial charge in [0.2, 0.25) is 0 Å². The molecule has 262 valence electrons. The van der Waals surface area contributed by atoms with Crippen LogP contribution < -0.4 is 14.5 Å². The van der Waals surface area contributed by atoms with Crippen molar-refractivity contribution in [1.29, 1.82) is 0 Å². The van der Waals surface area contributed by atoms with Crippen molar-refractivity contribution in [2.75, 3.05) is 9.80 Å². The summed E-state index contributed by atoms with van der Waals surface area (Å²) in [5.41, 5.74) is 15.0. The first-order valence-electron chi connectivity index (χ1n) is 18.9. The van der Waals surface area contributed by atoms with Crippen molar-refractivity contribution < 1.29 is 4.74 Å². The summed E-state index contributed by atoms with van der Waals surface area (Å²) in [5.74, 6) is 1.68. The van der Waals surface area contributed by atoms with Crippen LogP contribution in [0.4, 0.5) is 34.1 Å². The standard InChI is InChI=1S/C51H37N3O/c1-51(2)41-20-10-12-22-45(41)52(36-15-5-3-6-16-36)46-30-27-38(33-42(46)51)54-43-21-11-9-19-39(43)40-31-34(25-28-44(40)54)35-26-29-48-50(32-35)55-49-24-14-13-23-47(49)53(48)37-17-7-4-8-18-37/h3-33H,1-2H3. The Bertz CT molecular complexity index is 2940. The number of hydrogen-bond acceptors (Lipinski definition) is 3. The molecule has 2 aliphatic rings. The van der Waals surface area contributed by atoms with Gasteiger partial charge < -0.3 is 19.1 Å². The molecule has 3 heterocycles. The Kier molecular flexibility index (Phi) is 6.86. The first-order chi connectivity index (χ1) is 27.0. The second-order valence-electron chi connectivity index (χ2n) is 15.0. The van der Waals surface area contributed by atoms with E-state index >= 15 is 0 Å². The zero-order valence-electron chi connectivity index (χ0n) is 30.6. The third-order valence-electron chi connectivity index (χ3n) is 11.5. The molecule has 8 aromatic carbocycles. The number of para-hydroxylation sites is 6. The summed E-state index contributed by atoms with van der Waals surface area (Å²) in [7, 11) is 0. The molecule has 0 aliphatic carbocycles. The number of benzene rings is 8. The average Bonchev–Trinajstić information content (AvgIpc) is 3.57. The topological polar surface area (TPSA) is 20.6 Å². The predicted octanol–water partition coefficient (Wildman–Crippen LogP) is 14.1. The number of hydrogen-bond donors (Lipinski definition) is 0. The van der Waals surface area contributed by atoms with E-state index in [-0.39, 0.29) is 5.41 Å². The molecular weight excluding hydrogens is 671 g/mol. The van der Waals surface area contributed by atoms with Crippen LogP contribution in [0.1, 0.15) is 25.0 Å². The molecule has 0 radical (unpaired) electrons. The van der Waals surface area contributed by atoms with Crippen LogP contribution in [-0.2, 0) is 5.41 Å². The molecule has 4 heteroatoms. The fraction of sp³-hybridized carbons (Fsp3) is 0.0588. The molecule has 0 bridgehead atoms. The number of aromatic nitrogens is 1. The number of anilines is 6. The van der Waals surface area contributed by atoms with Crippen molar-refractivity contribution in [3.63, 3.8) is 0 Å². The van der Waals surface area contributed by atoms with Gasteiger partial charge in [-0.25, -0.2) is 0 Å². The highest BCUT2D eigenvalue weighted by atomic mass is 16.5. The van der Waals surface area contributed by atoms with Crippen LogP contribution in [0.2, 0.25) is 0 Å². The maximum atomic E-state index is 6.58. The maximum Gasteiger partial charge on any atom is 0.152 e. The number of ether oxygens (including phenoxy) is 1. The van der Waals surface area contributed by atoms with E-state index in [9.17, 15) is 0 Å². The Labute approximate surface area is 320 Å². The fourth-order valence-corrected chi connectivity index (χ4v) is 8.91. The van der Waals surface area contributed by atoms with Gasteiger partial charge in [0, 0.05) is 33.2 Å². The van der Waals surface area contributed by atoms with Gasteiger partial charge in [-0.3, -0.25) is 0 Å².